The van der Waals surface area contributed by atoms with E-state index >= 15 is 0 Å². The van der Waals surface area contributed by atoms with Gasteiger partial charge in [-0.25, -0.2) is 0 Å². The van der Waals surface area contributed by atoms with E-state index in [2.05, 4.69) is 188 Å². The summed E-state index contributed by atoms with van der Waals surface area (Å²) in [6, 6.07) is 63.5. The number of hydrogen-bond acceptors (Lipinski definition) is 2. The summed E-state index contributed by atoms with van der Waals surface area (Å²) >= 11 is 0. The van der Waals surface area contributed by atoms with Crippen LogP contribution in [-0.4, -0.2) is 13.4 Å². The first kappa shape index (κ1) is 42.5. The van der Waals surface area contributed by atoms with Gasteiger partial charge < -0.3 is 14.0 Å². The number of pyridine rings is 1. The monoisotopic (exact) mass is 999 g/mol. The molecule has 62 heavy (non-hydrogen) atoms. The first-order valence-corrected chi connectivity index (χ1v) is 23.7. The summed E-state index contributed by atoms with van der Waals surface area (Å²) in [6.07, 6.45) is 1.93. The third-order valence-corrected chi connectivity index (χ3v) is 16.6. The van der Waals surface area contributed by atoms with Crippen LogP contribution in [0.3, 0.4) is 0 Å². The fraction of sp³-hybridized carbons (Fsp3) is 0.123. The van der Waals surface area contributed by atoms with Crippen LogP contribution in [0.15, 0.2) is 185 Å². The van der Waals surface area contributed by atoms with Crippen molar-refractivity contribution in [3.8, 4) is 33.5 Å². The zero-order chi connectivity index (χ0) is 42.3. The van der Waals surface area contributed by atoms with Gasteiger partial charge in [-0.1, -0.05) is 178 Å². The van der Waals surface area contributed by atoms with Crippen molar-refractivity contribution in [2.75, 3.05) is 0 Å². The Balaban J connectivity index is 0.000000300. The summed E-state index contributed by atoms with van der Waals surface area (Å²) in [6.45, 7) is 15.9. The molecule has 0 aliphatic carbocycles. The number of furan rings is 1. The molecule has 0 saturated carbocycles. The van der Waals surface area contributed by atoms with Gasteiger partial charge in [-0.15, -0.1) is 35.9 Å². The predicted octanol–water partition coefficient (Wildman–Crippen LogP) is 13.3. The van der Waals surface area contributed by atoms with Crippen molar-refractivity contribution in [3.05, 3.63) is 218 Å². The maximum Gasteiger partial charge on any atom is 3.00 e. The molecule has 0 N–H and O–H groups in total. The average Bonchev–Trinajstić information content (AvgIpc) is 3.82. The van der Waals surface area contributed by atoms with E-state index in [1.54, 1.807) is 0 Å². The molecule has 5 heteroatoms. The second-order valence-corrected chi connectivity index (χ2v) is 20.6. The molecule has 306 valence electrons. The van der Waals surface area contributed by atoms with Gasteiger partial charge >= 0.3 is 20.1 Å². The van der Waals surface area contributed by atoms with Gasteiger partial charge in [-0.3, -0.25) is 0 Å². The van der Waals surface area contributed by atoms with Crippen LogP contribution in [-0.2, 0) is 20.1 Å². The summed E-state index contributed by atoms with van der Waals surface area (Å²) in [4.78, 5) is 5.51. The molecule has 3 heterocycles. The van der Waals surface area contributed by atoms with Crippen molar-refractivity contribution in [3.63, 3.8) is 0 Å². The third-order valence-electron chi connectivity index (χ3n) is 12.2. The molecule has 0 fully saturated rings. The number of nitrogens with zero attached hydrogens (tertiary/aromatic N) is 2. The first-order chi connectivity index (χ1) is 29.6. The van der Waals surface area contributed by atoms with Crippen LogP contribution in [0.2, 0.25) is 6.55 Å². The average molecular weight is 999 g/mol. The Kier molecular flexibility index (Phi) is 12.1. The van der Waals surface area contributed by atoms with Crippen molar-refractivity contribution in [1.82, 2.24) is 0 Å². The molecule has 1 unspecified atom stereocenters. The van der Waals surface area contributed by atoms with Gasteiger partial charge in [0.2, 0.25) is 0 Å². The smallest absolute Gasteiger partial charge is 0.501 e. The Morgan fingerprint density at radius 3 is 1.90 bits per heavy atom. The topological polar surface area (TPSA) is 29.4 Å². The Labute approximate surface area is 381 Å². The summed E-state index contributed by atoms with van der Waals surface area (Å²) < 4.78 is 8.68. The Morgan fingerprint density at radius 2 is 1.24 bits per heavy atom. The molecule has 9 aromatic rings. The molecule has 0 bridgehead atoms. The molecular formula is C57H50IrN2OSi+. The second-order valence-electron chi connectivity index (χ2n) is 16.8. The van der Waals surface area contributed by atoms with E-state index in [1.807, 2.05) is 47.2 Å². The van der Waals surface area contributed by atoms with E-state index in [0.29, 0.717) is 11.8 Å². The van der Waals surface area contributed by atoms with Crippen LogP contribution in [0.25, 0.3) is 55.4 Å². The summed E-state index contributed by atoms with van der Waals surface area (Å²) in [5.41, 5.74) is 14.7. The van der Waals surface area contributed by atoms with E-state index in [-0.39, 0.29) is 20.1 Å². The standard InChI is InChI=1S/C44H38NOSi.C13H12N.Ir/c1-28(2)37-25-33(31-17-10-7-11-18-31)26-38(29(3)4)43(37)47(5)41-22-13-12-21-39(41)45-44(47)36-20-14-19-35-34-24-23-32(27-40(34)46-42(35)36)30-15-8-6-9-16-30;1-11-7-3-4-8-12(11)13-9-5-6-10-14(13)2;/h6-19,21-29H,1-5H3;3-10H,1-2H2;/q2*-1;+3. The Morgan fingerprint density at radius 1 is 0.629 bits per heavy atom. The zero-order valence-electron chi connectivity index (χ0n) is 35.9. The van der Waals surface area contributed by atoms with Crippen molar-refractivity contribution >= 4 is 51.4 Å². The van der Waals surface area contributed by atoms with E-state index in [1.165, 1.54) is 38.2 Å². The minimum atomic E-state index is -2.66. The van der Waals surface area contributed by atoms with E-state index in [4.69, 9.17) is 9.41 Å². The number of para-hydroxylation sites is 1. The number of hydrogen-bond donors (Lipinski definition) is 0. The predicted molar refractivity (Wildman–Crippen MR) is 259 cm³/mol. The SMILES string of the molecule is CC(C)c1cc(-c2ccccc2)cc(C(C)C)c1[Si]1(C)C(c2[c-]ccc3c2oc2cc(-c4ccccc4)ccc23)=Nc2ccccc21.[CH2-]c1ccccc1-c1cccc[n+]1[CH2-].[Ir+3]. The summed E-state index contributed by atoms with van der Waals surface area (Å²) in [7, 11) is 1.26. The van der Waals surface area contributed by atoms with E-state index in [0.717, 1.165) is 60.9 Å². The van der Waals surface area contributed by atoms with Gasteiger partial charge in [0.25, 0.3) is 0 Å². The normalized spacial score (nSPS) is 14.3. The molecule has 7 aromatic carbocycles. The number of aromatic nitrogens is 1. The Bertz CT molecular complexity index is 3000. The summed E-state index contributed by atoms with van der Waals surface area (Å²) in [5.74, 6) is 0.679. The first-order valence-electron chi connectivity index (χ1n) is 21.2. The third kappa shape index (κ3) is 7.66. The largest absolute Gasteiger partial charge is 3.00 e. The zero-order valence-corrected chi connectivity index (χ0v) is 39.3. The van der Waals surface area contributed by atoms with Crippen LogP contribution >= 0.6 is 0 Å². The molecule has 1 aliphatic heterocycles. The maximum absolute atomic E-state index is 6.83. The molecular weight excluding hydrogens is 949 g/mol. The molecule has 0 spiro atoms. The molecule has 2 aromatic heterocycles. The van der Waals surface area contributed by atoms with E-state index in [9.17, 15) is 0 Å². The van der Waals surface area contributed by atoms with Crippen molar-refractivity contribution in [2.45, 2.75) is 46.1 Å². The molecule has 3 nitrogen and oxygen atoms in total. The summed E-state index contributed by atoms with van der Waals surface area (Å²) in [5, 5.41) is 6.20. The molecule has 10 rings (SSSR count). The van der Waals surface area contributed by atoms with Gasteiger partial charge in [0.1, 0.15) is 13.7 Å². The number of aliphatic imine (C=N–C) groups is 1. The molecule has 0 radical (unpaired) electrons. The van der Waals surface area contributed by atoms with Crippen LogP contribution < -0.4 is 14.9 Å². The van der Waals surface area contributed by atoms with Crippen molar-refractivity contribution < 1.29 is 29.1 Å². The van der Waals surface area contributed by atoms with Crippen molar-refractivity contribution in [2.24, 2.45) is 4.99 Å². The van der Waals surface area contributed by atoms with Gasteiger partial charge in [0.15, 0.2) is 0 Å². The Hall–Kier alpha value is -6.23. The van der Waals surface area contributed by atoms with Gasteiger partial charge in [-0.05, 0) is 67.9 Å². The fourth-order valence-corrected chi connectivity index (χ4v) is 13.9. The van der Waals surface area contributed by atoms with E-state index < -0.39 is 8.07 Å². The van der Waals surface area contributed by atoms with Crippen molar-refractivity contribution in [1.29, 1.82) is 0 Å². The second kappa shape index (κ2) is 17.6. The molecule has 0 saturated heterocycles. The van der Waals surface area contributed by atoms with Crippen LogP contribution in [0, 0.1) is 20.0 Å². The van der Waals surface area contributed by atoms with Gasteiger partial charge in [0.05, 0.1) is 23.2 Å². The number of benzene rings is 7. The fourth-order valence-electron chi connectivity index (χ4n) is 9.10. The van der Waals surface area contributed by atoms with Crippen LogP contribution in [0.4, 0.5) is 5.69 Å². The maximum atomic E-state index is 6.83. The number of fused-ring (bicyclic) bond motifs is 4. The van der Waals surface area contributed by atoms with Gasteiger partial charge in [0, 0.05) is 12.4 Å². The molecule has 1 atom stereocenters. The van der Waals surface area contributed by atoms with Crippen LogP contribution in [0.5, 0.6) is 0 Å². The minimum Gasteiger partial charge on any atom is -0.501 e. The number of rotatable bonds is 7. The quantitative estimate of drug-likeness (QED) is 0.0889. The molecule has 0 amide bonds. The minimum absolute atomic E-state index is 0. The van der Waals surface area contributed by atoms with Gasteiger partial charge in [-0.2, -0.15) is 18.6 Å². The van der Waals surface area contributed by atoms with Crippen LogP contribution in [0.1, 0.15) is 61.8 Å². The molecule has 1 aliphatic rings.